The number of benzene rings is 1. The summed E-state index contributed by atoms with van der Waals surface area (Å²) in [4.78, 5) is 22.8. The van der Waals surface area contributed by atoms with Gasteiger partial charge in [0, 0.05) is 24.4 Å². The third kappa shape index (κ3) is 2.64. The van der Waals surface area contributed by atoms with Crippen molar-refractivity contribution in [2.75, 3.05) is 30.9 Å². The summed E-state index contributed by atoms with van der Waals surface area (Å²) < 4.78 is 0. The second-order valence-corrected chi connectivity index (χ2v) is 7.15. The Bertz CT molecular complexity index is 675. The number of anilines is 1. The molecule has 0 unspecified atom stereocenters. The number of hydrogen-bond acceptors (Lipinski definition) is 5. The fourth-order valence-corrected chi connectivity index (χ4v) is 4.87. The first-order valence-corrected chi connectivity index (χ1v) is 9.19. The zero-order valence-electron chi connectivity index (χ0n) is 12.4. The quantitative estimate of drug-likeness (QED) is 0.614. The second kappa shape index (κ2) is 6.56. The minimum Gasteiger partial charge on any atom is -0.337 e. The number of fused-ring (bicyclic) bond motifs is 1. The molecule has 0 aliphatic carbocycles. The first-order chi connectivity index (χ1) is 10.7. The Labute approximate surface area is 143 Å². The third-order valence-electron chi connectivity index (χ3n) is 3.44. The molecule has 116 valence electrons. The van der Waals surface area contributed by atoms with Crippen LogP contribution in [0.1, 0.15) is 6.92 Å². The van der Waals surface area contributed by atoms with E-state index >= 15 is 0 Å². The Balaban J connectivity index is 1.97. The molecule has 7 heteroatoms. The van der Waals surface area contributed by atoms with Crippen molar-refractivity contribution in [2.45, 2.75) is 11.8 Å². The van der Waals surface area contributed by atoms with Gasteiger partial charge in [0.2, 0.25) is 0 Å². The van der Waals surface area contributed by atoms with E-state index in [1.165, 1.54) is 16.7 Å². The number of nitrogens with zero attached hydrogens (tertiary/aromatic N) is 3. The van der Waals surface area contributed by atoms with Crippen LogP contribution in [0.4, 0.5) is 5.69 Å². The van der Waals surface area contributed by atoms with Crippen molar-refractivity contribution in [3.05, 3.63) is 34.2 Å². The standard InChI is InChI=1S/C15H16ClN3OS2/c1-3-19-13(20)12(22-15(19)17-9-8-16)14-18(2)10-6-4-5-7-11(10)21-14/h4-7H,3,8-9H2,1-2H3/b14-12+,17-15?. The second-order valence-electron chi connectivity index (χ2n) is 4.77. The van der Waals surface area contributed by atoms with Crippen LogP contribution in [0.5, 0.6) is 0 Å². The Morgan fingerprint density at radius 1 is 1.27 bits per heavy atom. The van der Waals surface area contributed by atoms with Gasteiger partial charge in [0.1, 0.15) is 4.91 Å². The molecule has 22 heavy (non-hydrogen) atoms. The van der Waals surface area contributed by atoms with Crippen LogP contribution >= 0.6 is 35.1 Å². The molecule has 2 heterocycles. The molecule has 1 aromatic rings. The largest absolute Gasteiger partial charge is 0.337 e. The van der Waals surface area contributed by atoms with Crippen molar-refractivity contribution in [1.29, 1.82) is 0 Å². The van der Waals surface area contributed by atoms with Gasteiger partial charge >= 0.3 is 0 Å². The number of amides is 1. The highest BCUT2D eigenvalue weighted by molar-refractivity contribution is 8.19. The van der Waals surface area contributed by atoms with Gasteiger partial charge in [-0.2, -0.15) is 0 Å². The molecule has 1 amide bonds. The van der Waals surface area contributed by atoms with E-state index in [0.29, 0.717) is 19.0 Å². The van der Waals surface area contributed by atoms with Crippen LogP contribution in [0, 0.1) is 0 Å². The SMILES string of the molecule is CCN1C(=O)/C(=C2\Sc3ccccc3N2C)SC1=NCCCl. The van der Waals surface area contributed by atoms with Crippen LogP contribution in [-0.2, 0) is 4.79 Å². The Kier molecular flexibility index (Phi) is 4.70. The van der Waals surface area contributed by atoms with Gasteiger partial charge < -0.3 is 4.90 Å². The molecule has 0 aromatic heterocycles. The highest BCUT2D eigenvalue weighted by atomic mass is 35.5. The fraction of sp³-hybridized carbons (Fsp3) is 0.333. The summed E-state index contributed by atoms with van der Waals surface area (Å²) >= 11 is 8.80. The van der Waals surface area contributed by atoms with Gasteiger partial charge in [0.25, 0.3) is 5.91 Å². The summed E-state index contributed by atoms with van der Waals surface area (Å²) in [6.45, 7) is 3.10. The number of halogens is 1. The predicted molar refractivity (Wildman–Crippen MR) is 95.7 cm³/mol. The highest BCUT2D eigenvalue weighted by Gasteiger charge is 2.38. The summed E-state index contributed by atoms with van der Waals surface area (Å²) in [5.74, 6) is 0.491. The van der Waals surface area contributed by atoms with Crippen molar-refractivity contribution in [1.82, 2.24) is 4.90 Å². The number of para-hydroxylation sites is 1. The number of alkyl halides is 1. The van der Waals surface area contributed by atoms with Gasteiger partial charge in [-0.3, -0.25) is 14.7 Å². The Hall–Kier alpha value is -1.11. The van der Waals surface area contributed by atoms with Gasteiger partial charge in [-0.25, -0.2) is 0 Å². The number of carbonyl (C=O) groups excluding carboxylic acids is 1. The van der Waals surface area contributed by atoms with E-state index in [4.69, 9.17) is 11.6 Å². The molecular weight excluding hydrogens is 338 g/mol. The van der Waals surface area contributed by atoms with Gasteiger partial charge in [-0.15, -0.1) is 11.6 Å². The smallest absolute Gasteiger partial charge is 0.269 e. The number of rotatable bonds is 3. The van der Waals surface area contributed by atoms with Crippen molar-refractivity contribution < 1.29 is 4.79 Å². The van der Waals surface area contributed by atoms with Gasteiger partial charge in [0.15, 0.2) is 5.17 Å². The highest BCUT2D eigenvalue weighted by Crippen LogP contribution is 2.49. The number of amidine groups is 1. The van der Waals surface area contributed by atoms with E-state index in [1.807, 2.05) is 26.1 Å². The molecule has 3 rings (SSSR count). The molecule has 1 saturated heterocycles. The molecular formula is C15H16ClN3OS2. The molecule has 0 bridgehead atoms. The molecule has 0 N–H and O–H groups in total. The van der Waals surface area contributed by atoms with Crippen LogP contribution in [0.2, 0.25) is 0 Å². The first kappa shape index (κ1) is 15.8. The number of hydrogen-bond donors (Lipinski definition) is 0. The van der Waals surface area contributed by atoms with E-state index in [0.717, 1.165) is 20.8 Å². The fourth-order valence-electron chi connectivity index (χ4n) is 2.37. The lowest BCUT2D eigenvalue weighted by atomic mass is 10.3. The van der Waals surface area contributed by atoms with Gasteiger partial charge in [-0.1, -0.05) is 23.9 Å². The van der Waals surface area contributed by atoms with Crippen LogP contribution in [0.3, 0.4) is 0 Å². The number of aliphatic imine (C=N–C) groups is 1. The zero-order chi connectivity index (χ0) is 15.7. The molecule has 0 atom stereocenters. The summed E-state index contributed by atoms with van der Waals surface area (Å²) in [5, 5.41) is 1.73. The molecule has 4 nitrogen and oxygen atoms in total. The molecule has 2 aliphatic rings. The normalized spacial score (nSPS) is 22.9. The third-order valence-corrected chi connectivity index (χ3v) is 6.08. The average molecular weight is 354 g/mol. The van der Waals surface area contributed by atoms with Crippen LogP contribution in [0.25, 0.3) is 0 Å². The van der Waals surface area contributed by atoms with Gasteiger partial charge in [-0.05, 0) is 30.8 Å². The van der Waals surface area contributed by atoms with Crippen LogP contribution in [-0.4, -0.2) is 42.0 Å². The molecule has 1 fully saturated rings. The zero-order valence-corrected chi connectivity index (χ0v) is 14.8. The average Bonchev–Trinajstić information content (AvgIpc) is 3.03. The van der Waals surface area contributed by atoms with Crippen molar-refractivity contribution in [3.63, 3.8) is 0 Å². The molecule has 2 aliphatic heterocycles. The molecule has 0 spiro atoms. The Morgan fingerprint density at radius 3 is 2.73 bits per heavy atom. The predicted octanol–water partition coefficient (Wildman–Crippen LogP) is 3.59. The number of likely N-dealkylation sites (N-methyl/N-ethyl adjacent to an activating group) is 1. The van der Waals surface area contributed by atoms with E-state index in [9.17, 15) is 4.79 Å². The van der Waals surface area contributed by atoms with Gasteiger partial charge in [0.05, 0.1) is 17.3 Å². The summed E-state index contributed by atoms with van der Waals surface area (Å²) in [6, 6.07) is 8.18. The van der Waals surface area contributed by atoms with Crippen molar-refractivity contribution >= 4 is 51.9 Å². The van der Waals surface area contributed by atoms with E-state index in [2.05, 4.69) is 22.0 Å². The van der Waals surface area contributed by atoms with Crippen LogP contribution < -0.4 is 4.90 Å². The number of thioether (sulfide) groups is 2. The number of carbonyl (C=O) groups is 1. The van der Waals surface area contributed by atoms with Crippen molar-refractivity contribution in [3.8, 4) is 0 Å². The monoisotopic (exact) mass is 353 g/mol. The molecule has 0 saturated carbocycles. The summed E-state index contributed by atoms with van der Waals surface area (Å²) in [6.07, 6.45) is 0. The van der Waals surface area contributed by atoms with Crippen molar-refractivity contribution in [2.24, 2.45) is 4.99 Å². The summed E-state index contributed by atoms with van der Waals surface area (Å²) in [7, 11) is 2.00. The first-order valence-electron chi connectivity index (χ1n) is 7.02. The molecule has 1 aromatic carbocycles. The minimum absolute atomic E-state index is 0.0305. The maximum atomic E-state index is 12.7. The lowest BCUT2D eigenvalue weighted by molar-refractivity contribution is -0.122. The van der Waals surface area contributed by atoms with E-state index < -0.39 is 0 Å². The van der Waals surface area contributed by atoms with E-state index in [1.54, 1.807) is 16.7 Å². The Morgan fingerprint density at radius 2 is 2.05 bits per heavy atom. The lowest BCUT2D eigenvalue weighted by Gasteiger charge is -2.15. The minimum atomic E-state index is 0.0305. The van der Waals surface area contributed by atoms with Crippen LogP contribution in [0.15, 0.2) is 44.1 Å². The maximum Gasteiger partial charge on any atom is 0.269 e. The van der Waals surface area contributed by atoms with E-state index in [-0.39, 0.29) is 5.91 Å². The lowest BCUT2D eigenvalue weighted by Crippen LogP contribution is -2.29. The molecule has 0 radical (unpaired) electrons. The summed E-state index contributed by atoms with van der Waals surface area (Å²) in [5.41, 5.74) is 1.14. The maximum absolute atomic E-state index is 12.7. The topological polar surface area (TPSA) is 35.9 Å².